The summed E-state index contributed by atoms with van der Waals surface area (Å²) in [5.74, 6) is 0.625. The number of aryl methyl sites for hydroxylation is 2. The van der Waals surface area contributed by atoms with E-state index in [1.165, 1.54) is 0 Å². The van der Waals surface area contributed by atoms with Gasteiger partial charge in [-0.3, -0.25) is 4.79 Å². The highest BCUT2D eigenvalue weighted by Crippen LogP contribution is 2.11. The minimum absolute atomic E-state index is 0.162. The summed E-state index contributed by atoms with van der Waals surface area (Å²) >= 11 is 3.38. The molecule has 0 amide bonds. The molecule has 0 unspecified atom stereocenters. The Balaban J connectivity index is 3.13. The minimum atomic E-state index is 0.162. The lowest BCUT2D eigenvalue weighted by atomic mass is 10.1. The van der Waals surface area contributed by atoms with Crippen LogP contribution in [0.25, 0.3) is 0 Å². The summed E-state index contributed by atoms with van der Waals surface area (Å²) in [6.45, 7) is 9.19. The minimum Gasteiger partial charge on any atom is -0.313 e. The molecule has 90 valence electrons. The lowest BCUT2D eigenvalue weighted by molar-refractivity contribution is 0.500. The Morgan fingerprint density at radius 2 is 2.00 bits per heavy atom. The molecule has 0 saturated heterocycles. The first-order valence-electron chi connectivity index (χ1n) is 5.73. The molecule has 16 heavy (non-hydrogen) atoms. The second-order valence-electron chi connectivity index (χ2n) is 4.72. The molecule has 0 N–H and O–H groups in total. The lowest BCUT2D eigenvalue weighted by Gasteiger charge is -2.14. The molecule has 0 aliphatic carbocycles. The molecule has 2 nitrogen and oxygen atoms in total. The number of hydrogen-bond acceptors (Lipinski definition) is 1. The molecule has 0 bridgehead atoms. The van der Waals surface area contributed by atoms with Crippen LogP contribution in [0.2, 0.25) is 0 Å². The van der Waals surface area contributed by atoms with Crippen LogP contribution in [-0.4, -0.2) is 4.57 Å². The third-order valence-electron chi connectivity index (χ3n) is 2.89. The van der Waals surface area contributed by atoms with Crippen LogP contribution in [0.1, 0.15) is 37.1 Å². The van der Waals surface area contributed by atoms with Gasteiger partial charge in [-0.25, -0.2) is 0 Å². The first-order chi connectivity index (χ1) is 7.47. The number of hydrogen-bond donors (Lipinski definition) is 0. The summed E-state index contributed by atoms with van der Waals surface area (Å²) in [6, 6.07) is 2.10. The molecule has 0 atom stereocenters. The van der Waals surface area contributed by atoms with Gasteiger partial charge in [-0.15, -0.1) is 0 Å². The zero-order valence-corrected chi connectivity index (χ0v) is 12.1. The molecule has 1 aromatic heterocycles. The zero-order valence-electron chi connectivity index (χ0n) is 10.5. The van der Waals surface area contributed by atoms with Crippen molar-refractivity contribution in [3.63, 3.8) is 0 Å². The first kappa shape index (κ1) is 13.5. The predicted molar refractivity (Wildman–Crippen MR) is 72.3 cm³/mol. The van der Waals surface area contributed by atoms with Crippen molar-refractivity contribution in [3.8, 4) is 0 Å². The molecule has 1 aromatic rings. The molecule has 1 rings (SSSR count). The van der Waals surface area contributed by atoms with E-state index in [9.17, 15) is 4.79 Å². The first-order valence-corrected chi connectivity index (χ1v) is 6.85. The van der Waals surface area contributed by atoms with Gasteiger partial charge in [0.05, 0.1) is 0 Å². The number of nitrogens with zero attached hydrogens (tertiary/aromatic N) is 1. The zero-order chi connectivity index (χ0) is 12.3. The molecule has 1 heterocycles. The van der Waals surface area contributed by atoms with Gasteiger partial charge in [0, 0.05) is 23.1 Å². The van der Waals surface area contributed by atoms with E-state index in [0.717, 1.165) is 29.8 Å². The van der Waals surface area contributed by atoms with Crippen LogP contribution in [0.3, 0.4) is 0 Å². The largest absolute Gasteiger partial charge is 0.313 e. The summed E-state index contributed by atoms with van der Waals surface area (Å²) in [5, 5.41) is 0.639. The monoisotopic (exact) mass is 285 g/mol. The van der Waals surface area contributed by atoms with Gasteiger partial charge in [0.2, 0.25) is 0 Å². The SMILES string of the molecule is Cc1cc(C)n(CCC(C)C)c(=O)c1CBr. The van der Waals surface area contributed by atoms with Crippen LogP contribution < -0.4 is 5.56 Å². The quantitative estimate of drug-likeness (QED) is 0.777. The fourth-order valence-corrected chi connectivity index (χ4v) is 2.48. The van der Waals surface area contributed by atoms with Gasteiger partial charge in [0.15, 0.2) is 0 Å². The van der Waals surface area contributed by atoms with Gasteiger partial charge in [-0.05, 0) is 37.8 Å². The Morgan fingerprint density at radius 3 is 2.50 bits per heavy atom. The normalized spacial score (nSPS) is 11.1. The van der Waals surface area contributed by atoms with Crippen LogP contribution in [-0.2, 0) is 11.9 Å². The third kappa shape index (κ3) is 2.97. The molecule has 0 saturated carbocycles. The Kier molecular flexibility index (Phi) is 4.78. The van der Waals surface area contributed by atoms with Crippen molar-refractivity contribution in [2.45, 2.75) is 46.0 Å². The standard InChI is InChI=1S/C13H20BrNO/c1-9(2)5-6-15-11(4)7-10(3)12(8-14)13(15)16/h7,9H,5-6,8H2,1-4H3. The van der Waals surface area contributed by atoms with Gasteiger partial charge in [0.1, 0.15) is 0 Å². The maximum Gasteiger partial charge on any atom is 0.255 e. The maximum atomic E-state index is 12.2. The molecule has 0 radical (unpaired) electrons. The van der Waals surface area contributed by atoms with E-state index in [4.69, 9.17) is 0 Å². The lowest BCUT2D eigenvalue weighted by Crippen LogP contribution is -2.26. The van der Waals surface area contributed by atoms with Crippen LogP contribution in [0, 0.1) is 19.8 Å². The highest BCUT2D eigenvalue weighted by molar-refractivity contribution is 9.08. The molecular formula is C13H20BrNO. The van der Waals surface area contributed by atoms with E-state index in [1.807, 2.05) is 18.4 Å². The van der Waals surface area contributed by atoms with E-state index in [-0.39, 0.29) is 5.56 Å². The van der Waals surface area contributed by atoms with Gasteiger partial charge >= 0.3 is 0 Å². The highest BCUT2D eigenvalue weighted by atomic mass is 79.9. The average Bonchev–Trinajstić information content (AvgIpc) is 2.16. The average molecular weight is 286 g/mol. The van der Waals surface area contributed by atoms with Crippen LogP contribution >= 0.6 is 15.9 Å². The Labute approximate surface area is 106 Å². The van der Waals surface area contributed by atoms with Crippen molar-refractivity contribution < 1.29 is 0 Å². The second kappa shape index (κ2) is 5.67. The van der Waals surface area contributed by atoms with Gasteiger partial charge in [-0.2, -0.15) is 0 Å². The van der Waals surface area contributed by atoms with Crippen molar-refractivity contribution in [3.05, 3.63) is 33.2 Å². The van der Waals surface area contributed by atoms with Crippen LogP contribution in [0.15, 0.2) is 10.9 Å². The number of rotatable bonds is 4. The van der Waals surface area contributed by atoms with Gasteiger partial charge in [-0.1, -0.05) is 29.8 Å². The topological polar surface area (TPSA) is 22.0 Å². The number of alkyl halides is 1. The molecule has 0 aliphatic rings. The van der Waals surface area contributed by atoms with Crippen LogP contribution in [0.5, 0.6) is 0 Å². The molecular weight excluding hydrogens is 266 g/mol. The number of pyridine rings is 1. The van der Waals surface area contributed by atoms with Crippen LogP contribution in [0.4, 0.5) is 0 Å². The summed E-state index contributed by atoms with van der Waals surface area (Å²) in [6.07, 6.45) is 1.05. The van der Waals surface area contributed by atoms with Crippen molar-refractivity contribution in [1.29, 1.82) is 0 Å². The Bertz CT molecular complexity index is 421. The van der Waals surface area contributed by atoms with Crippen molar-refractivity contribution in [1.82, 2.24) is 4.57 Å². The van der Waals surface area contributed by atoms with Crippen molar-refractivity contribution in [2.75, 3.05) is 0 Å². The smallest absolute Gasteiger partial charge is 0.255 e. The second-order valence-corrected chi connectivity index (χ2v) is 5.28. The fourth-order valence-electron chi connectivity index (χ4n) is 1.80. The van der Waals surface area contributed by atoms with Gasteiger partial charge < -0.3 is 4.57 Å². The Morgan fingerprint density at radius 1 is 1.38 bits per heavy atom. The summed E-state index contributed by atoms with van der Waals surface area (Å²) in [4.78, 5) is 12.2. The van der Waals surface area contributed by atoms with Gasteiger partial charge in [0.25, 0.3) is 5.56 Å². The molecule has 0 aromatic carbocycles. The molecule has 0 spiro atoms. The van der Waals surface area contributed by atoms with E-state index >= 15 is 0 Å². The molecule has 0 fully saturated rings. The summed E-state index contributed by atoms with van der Waals surface area (Å²) < 4.78 is 1.89. The van der Waals surface area contributed by atoms with Crippen molar-refractivity contribution in [2.24, 2.45) is 5.92 Å². The number of aromatic nitrogens is 1. The third-order valence-corrected chi connectivity index (χ3v) is 3.45. The maximum absolute atomic E-state index is 12.2. The van der Waals surface area contributed by atoms with E-state index in [2.05, 4.69) is 35.8 Å². The molecule has 0 aliphatic heterocycles. The predicted octanol–water partition coefficient (Wildman–Crippen LogP) is 3.41. The Hall–Kier alpha value is -0.570. The number of halogens is 1. The van der Waals surface area contributed by atoms with E-state index in [0.29, 0.717) is 11.2 Å². The molecule has 3 heteroatoms. The van der Waals surface area contributed by atoms with E-state index < -0.39 is 0 Å². The van der Waals surface area contributed by atoms with E-state index in [1.54, 1.807) is 0 Å². The fraction of sp³-hybridized carbons (Fsp3) is 0.615. The summed E-state index contributed by atoms with van der Waals surface area (Å²) in [5.41, 5.74) is 3.19. The highest BCUT2D eigenvalue weighted by Gasteiger charge is 2.09. The summed E-state index contributed by atoms with van der Waals surface area (Å²) in [7, 11) is 0. The van der Waals surface area contributed by atoms with Crippen molar-refractivity contribution >= 4 is 15.9 Å².